The van der Waals surface area contributed by atoms with Crippen molar-refractivity contribution >= 4 is 16.2 Å². The maximum Gasteiger partial charge on any atom is 0.306 e. The Hall–Kier alpha value is -0.700. The van der Waals surface area contributed by atoms with E-state index in [4.69, 9.17) is 0 Å². The number of nitrogens with zero attached hydrogens (tertiary/aromatic N) is 2. The molecule has 0 saturated heterocycles. The molecule has 0 rings (SSSR count). The van der Waals surface area contributed by atoms with Crippen molar-refractivity contribution in [2.24, 2.45) is 0 Å². The molecule has 0 aromatic heterocycles. The molecule has 0 spiro atoms. The summed E-state index contributed by atoms with van der Waals surface area (Å²) < 4.78 is 28.4. The number of ether oxygens (including phenoxy) is 1. The zero-order valence-electron chi connectivity index (χ0n) is 9.35. The first-order chi connectivity index (χ1) is 6.79. The summed E-state index contributed by atoms with van der Waals surface area (Å²) in [6.07, 6.45) is 0.0291. The number of esters is 1. The smallest absolute Gasteiger partial charge is 0.306 e. The second kappa shape index (κ2) is 6.01. The highest BCUT2D eigenvalue weighted by molar-refractivity contribution is 7.87. The van der Waals surface area contributed by atoms with Gasteiger partial charge >= 0.3 is 5.97 Å². The van der Waals surface area contributed by atoms with E-state index < -0.39 is 16.2 Å². The molecule has 0 aliphatic rings. The number of methoxy groups -OCH3 is 1. The van der Waals surface area contributed by atoms with E-state index in [0.29, 0.717) is 0 Å². The van der Waals surface area contributed by atoms with Gasteiger partial charge in [0.15, 0.2) is 0 Å². The Balaban J connectivity index is 4.20. The molecule has 0 amide bonds. The van der Waals surface area contributed by atoms with Crippen molar-refractivity contribution in [2.45, 2.75) is 6.42 Å². The third-order valence-corrected chi connectivity index (χ3v) is 3.17. The predicted molar refractivity (Wildman–Crippen MR) is 55.0 cm³/mol. The van der Waals surface area contributed by atoms with Gasteiger partial charge in [0.05, 0.1) is 13.5 Å². The van der Waals surface area contributed by atoms with Gasteiger partial charge in [0.1, 0.15) is 0 Å². The molecular weight excluding hydrogens is 222 g/mol. The van der Waals surface area contributed by atoms with Crippen molar-refractivity contribution in [3.8, 4) is 0 Å². The van der Waals surface area contributed by atoms with Gasteiger partial charge in [-0.2, -0.15) is 12.7 Å². The van der Waals surface area contributed by atoms with Crippen LogP contribution in [-0.2, 0) is 19.7 Å². The molecule has 90 valence electrons. The van der Waals surface area contributed by atoms with E-state index >= 15 is 0 Å². The molecule has 0 aromatic carbocycles. The number of carbonyl (C=O) groups is 1. The van der Waals surface area contributed by atoms with Gasteiger partial charge < -0.3 is 4.74 Å². The Morgan fingerprint density at radius 3 is 2.27 bits per heavy atom. The predicted octanol–water partition coefficient (Wildman–Crippen LogP) is -1.21. The number of carbonyl (C=O) groups excluding carboxylic acids is 1. The molecule has 0 bridgehead atoms. The topological polar surface area (TPSA) is 78.9 Å². The Morgan fingerprint density at radius 1 is 1.33 bits per heavy atom. The lowest BCUT2D eigenvalue weighted by Crippen LogP contribution is -2.45. The first kappa shape index (κ1) is 14.3. The summed E-state index contributed by atoms with van der Waals surface area (Å²) in [5.74, 6) is -0.443. The monoisotopic (exact) mass is 239 g/mol. The van der Waals surface area contributed by atoms with Crippen LogP contribution >= 0.6 is 0 Å². The van der Waals surface area contributed by atoms with E-state index in [1.54, 1.807) is 14.1 Å². The fourth-order valence-corrected chi connectivity index (χ4v) is 1.70. The molecule has 15 heavy (non-hydrogen) atoms. The molecule has 0 radical (unpaired) electrons. The minimum atomic E-state index is -3.56. The number of nitrogens with one attached hydrogen (secondary N) is 1. The molecule has 0 atom stereocenters. The van der Waals surface area contributed by atoms with Crippen LogP contribution < -0.4 is 4.83 Å². The molecule has 0 fully saturated rings. The lowest BCUT2D eigenvalue weighted by atomic mass is 10.4. The second-order valence-corrected chi connectivity index (χ2v) is 4.89. The number of hydrogen-bond acceptors (Lipinski definition) is 5. The first-order valence-corrected chi connectivity index (χ1v) is 5.71. The van der Waals surface area contributed by atoms with E-state index in [9.17, 15) is 13.2 Å². The van der Waals surface area contributed by atoms with Crippen LogP contribution in [0.4, 0.5) is 0 Å². The van der Waals surface area contributed by atoms with Gasteiger partial charge in [-0.15, -0.1) is 4.83 Å². The fraction of sp³-hybridized carbons (Fsp3) is 0.857. The van der Waals surface area contributed by atoms with Crippen molar-refractivity contribution in [1.29, 1.82) is 0 Å². The van der Waals surface area contributed by atoms with Crippen LogP contribution in [0.5, 0.6) is 0 Å². The SMILES string of the molecule is COC(=O)CCN(C)S(=O)(=O)NN(C)C. The molecular formula is C7H17N3O4S. The van der Waals surface area contributed by atoms with Gasteiger partial charge in [0.25, 0.3) is 10.2 Å². The maximum atomic E-state index is 11.5. The molecule has 0 unspecified atom stereocenters. The van der Waals surface area contributed by atoms with Gasteiger partial charge in [0.2, 0.25) is 0 Å². The molecule has 0 aromatic rings. The molecule has 0 aliphatic heterocycles. The van der Waals surface area contributed by atoms with Crippen molar-refractivity contribution in [3.63, 3.8) is 0 Å². The van der Waals surface area contributed by atoms with Crippen LogP contribution in [0.2, 0.25) is 0 Å². The Labute approximate surface area is 90.1 Å². The number of hydrazine groups is 1. The van der Waals surface area contributed by atoms with Crippen molar-refractivity contribution in [3.05, 3.63) is 0 Å². The van der Waals surface area contributed by atoms with Gasteiger partial charge in [0, 0.05) is 27.7 Å². The third-order valence-electron chi connectivity index (χ3n) is 1.57. The highest BCUT2D eigenvalue weighted by Crippen LogP contribution is 1.96. The maximum absolute atomic E-state index is 11.5. The summed E-state index contributed by atoms with van der Waals surface area (Å²) in [5, 5.41) is 1.31. The summed E-state index contributed by atoms with van der Waals surface area (Å²) in [6.45, 7) is 0.0792. The number of rotatable bonds is 6. The summed E-state index contributed by atoms with van der Waals surface area (Å²) in [5.41, 5.74) is 0. The zero-order chi connectivity index (χ0) is 12.1. The molecule has 0 aliphatic carbocycles. The minimum Gasteiger partial charge on any atom is -0.469 e. The highest BCUT2D eigenvalue weighted by Gasteiger charge is 2.18. The van der Waals surface area contributed by atoms with Crippen molar-refractivity contribution in [2.75, 3.05) is 34.8 Å². The zero-order valence-corrected chi connectivity index (χ0v) is 10.2. The van der Waals surface area contributed by atoms with E-state index in [0.717, 1.165) is 4.31 Å². The second-order valence-electron chi connectivity index (χ2n) is 3.14. The van der Waals surface area contributed by atoms with Crippen LogP contribution in [0, 0.1) is 0 Å². The van der Waals surface area contributed by atoms with Crippen molar-refractivity contribution < 1.29 is 17.9 Å². The summed E-state index contributed by atoms with van der Waals surface area (Å²) in [4.78, 5) is 13.0. The molecule has 0 saturated carbocycles. The Kier molecular flexibility index (Phi) is 5.73. The average molecular weight is 239 g/mol. The number of hydrogen-bond donors (Lipinski definition) is 1. The average Bonchev–Trinajstić information content (AvgIpc) is 2.11. The Morgan fingerprint density at radius 2 is 1.87 bits per heavy atom. The summed E-state index contributed by atoms with van der Waals surface area (Å²) >= 11 is 0. The van der Waals surface area contributed by atoms with E-state index in [1.807, 2.05) is 0 Å². The molecule has 0 heterocycles. The molecule has 7 nitrogen and oxygen atoms in total. The van der Waals surface area contributed by atoms with Gasteiger partial charge in [-0.1, -0.05) is 0 Å². The highest BCUT2D eigenvalue weighted by atomic mass is 32.2. The molecule has 1 N–H and O–H groups in total. The lowest BCUT2D eigenvalue weighted by molar-refractivity contribution is -0.140. The third kappa shape index (κ3) is 5.67. The van der Waals surface area contributed by atoms with Gasteiger partial charge in [-0.05, 0) is 0 Å². The lowest BCUT2D eigenvalue weighted by Gasteiger charge is -2.19. The quantitative estimate of drug-likeness (QED) is 0.465. The van der Waals surface area contributed by atoms with Crippen LogP contribution in [-0.4, -0.2) is 58.5 Å². The summed E-state index contributed by atoms with van der Waals surface area (Å²) in [6, 6.07) is 0. The van der Waals surface area contributed by atoms with Gasteiger partial charge in [-0.25, -0.2) is 5.01 Å². The van der Waals surface area contributed by atoms with E-state index in [-0.39, 0.29) is 13.0 Å². The van der Waals surface area contributed by atoms with Crippen LogP contribution in [0.3, 0.4) is 0 Å². The normalized spacial score (nSPS) is 12.1. The Bertz CT molecular complexity index is 301. The summed E-state index contributed by atoms with van der Waals surface area (Å²) in [7, 11) is 2.20. The fourth-order valence-electron chi connectivity index (χ4n) is 0.771. The molecule has 8 heteroatoms. The van der Waals surface area contributed by atoms with Crippen LogP contribution in [0.15, 0.2) is 0 Å². The van der Waals surface area contributed by atoms with E-state index in [1.165, 1.54) is 19.2 Å². The largest absolute Gasteiger partial charge is 0.469 e. The first-order valence-electron chi connectivity index (χ1n) is 4.27. The van der Waals surface area contributed by atoms with E-state index in [2.05, 4.69) is 9.57 Å². The van der Waals surface area contributed by atoms with Crippen molar-refractivity contribution in [1.82, 2.24) is 14.1 Å². The standard InChI is InChI=1S/C7H17N3O4S/c1-9(2)8-15(12,13)10(3)6-5-7(11)14-4/h8H,5-6H2,1-4H3. The van der Waals surface area contributed by atoms with Crippen LogP contribution in [0.1, 0.15) is 6.42 Å². The minimum absolute atomic E-state index is 0.0291. The van der Waals surface area contributed by atoms with Crippen LogP contribution in [0.25, 0.3) is 0 Å². The van der Waals surface area contributed by atoms with Gasteiger partial charge in [-0.3, -0.25) is 4.79 Å².